The van der Waals surface area contributed by atoms with E-state index in [0.29, 0.717) is 0 Å². The molecule has 108 valence electrons. The summed E-state index contributed by atoms with van der Waals surface area (Å²) in [6.07, 6.45) is 4.27. The zero-order valence-corrected chi connectivity index (χ0v) is 12.7. The number of para-hydroxylation sites is 1. The van der Waals surface area contributed by atoms with Gasteiger partial charge in [-0.1, -0.05) is 72.3 Å². The van der Waals surface area contributed by atoms with E-state index in [4.69, 9.17) is 0 Å². The van der Waals surface area contributed by atoms with Crippen molar-refractivity contribution in [2.75, 3.05) is 5.32 Å². The van der Waals surface area contributed by atoms with Gasteiger partial charge in [0.2, 0.25) is 0 Å². The van der Waals surface area contributed by atoms with Crippen LogP contribution in [0.15, 0.2) is 78.9 Å². The molecule has 0 atom stereocenters. The number of benzene rings is 3. The summed E-state index contributed by atoms with van der Waals surface area (Å²) < 4.78 is 0. The smallest absolute Gasteiger partial charge is 0.0384 e. The summed E-state index contributed by atoms with van der Waals surface area (Å²) in [6.45, 7) is 2.10. The first kappa shape index (κ1) is 14.2. The summed E-state index contributed by atoms with van der Waals surface area (Å²) in [6, 6.07) is 27.2. The maximum absolute atomic E-state index is 3.39. The van der Waals surface area contributed by atoms with Crippen LogP contribution in [0, 0.1) is 6.92 Å². The third-order valence-corrected chi connectivity index (χ3v) is 3.52. The maximum atomic E-state index is 3.39. The van der Waals surface area contributed by atoms with Gasteiger partial charge >= 0.3 is 0 Å². The Hall–Kier alpha value is -2.80. The van der Waals surface area contributed by atoms with Gasteiger partial charge in [-0.2, -0.15) is 0 Å². The van der Waals surface area contributed by atoms with Crippen LogP contribution in [0.25, 0.3) is 12.2 Å². The highest BCUT2D eigenvalue weighted by Gasteiger charge is 1.94. The van der Waals surface area contributed by atoms with E-state index in [1.165, 1.54) is 16.7 Å². The molecule has 0 saturated carbocycles. The fraction of sp³-hybridized carbons (Fsp3) is 0.0476. The minimum Gasteiger partial charge on any atom is -0.356 e. The number of rotatable bonds is 4. The third kappa shape index (κ3) is 3.86. The minimum atomic E-state index is 1.10. The van der Waals surface area contributed by atoms with Crippen LogP contribution in [0.2, 0.25) is 0 Å². The Labute approximate surface area is 132 Å². The first-order valence-corrected chi connectivity index (χ1v) is 7.46. The number of anilines is 2. The third-order valence-electron chi connectivity index (χ3n) is 3.52. The molecule has 22 heavy (non-hydrogen) atoms. The van der Waals surface area contributed by atoms with Crippen molar-refractivity contribution in [3.8, 4) is 0 Å². The zero-order chi connectivity index (χ0) is 15.2. The van der Waals surface area contributed by atoms with E-state index in [1.54, 1.807) is 0 Å². The van der Waals surface area contributed by atoms with E-state index in [-0.39, 0.29) is 0 Å². The molecule has 0 unspecified atom stereocenters. The van der Waals surface area contributed by atoms with Crippen molar-refractivity contribution in [2.24, 2.45) is 0 Å². The van der Waals surface area contributed by atoms with Crippen LogP contribution < -0.4 is 5.32 Å². The molecule has 1 N–H and O–H groups in total. The Morgan fingerprint density at radius 3 is 1.68 bits per heavy atom. The molecular weight excluding hydrogens is 266 g/mol. The lowest BCUT2D eigenvalue weighted by atomic mass is 10.1. The monoisotopic (exact) mass is 285 g/mol. The predicted octanol–water partition coefficient (Wildman–Crippen LogP) is 5.91. The van der Waals surface area contributed by atoms with Crippen LogP contribution >= 0.6 is 0 Å². The zero-order valence-electron chi connectivity index (χ0n) is 12.7. The average molecular weight is 285 g/mol. The standard InChI is InChI=1S/C21H19N/c1-17-7-9-18(10-8-17)11-12-19-13-15-21(16-14-19)22-20-5-3-2-4-6-20/h2-16,22H,1H3. The molecule has 0 radical (unpaired) electrons. The molecular formula is C21H19N. The summed E-state index contributed by atoms with van der Waals surface area (Å²) in [4.78, 5) is 0. The molecule has 0 spiro atoms. The second-order valence-electron chi connectivity index (χ2n) is 5.36. The first-order valence-electron chi connectivity index (χ1n) is 7.46. The number of hydrogen-bond acceptors (Lipinski definition) is 1. The molecule has 3 aromatic carbocycles. The molecule has 0 aliphatic heterocycles. The Morgan fingerprint density at radius 1 is 0.591 bits per heavy atom. The molecule has 0 fully saturated rings. The predicted molar refractivity (Wildman–Crippen MR) is 96.3 cm³/mol. The van der Waals surface area contributed by atoms with E-state index >= 15 is 0 Å². The van der Waals surface area contributed by atoms with Crippen LogP contribution in [0.3, 0.4) is 0 Å². The van der Waals surface area contributed by atoms with E-state index in [2.05, 4.69) is 85.1 Å². The molecule has 0 aromatic heterocycles. The Kier molecular flexibility index (Phi) is 4.35. The molecule has 1 nitrogen and oxygen atoms in total. The van der Waals surface area contributed by atoms with Gasteiger partial charge in [0.1, 0.15) is 0 Å². The van der Waals surface area contributed by atoms with Crippen molar-refractivity contribution >= 4 is 23.5 Å². The van der Waals surface area contributed by atoms with Gasteiger partial charge in [-0.3, -0.25) is 0 Å². The van der Waals surface area contributed by atoms with E-state index in [9.17, 15) is 0 Å². The van der Waals surface area contributed by atoms with Gasteiger partial charge in [-0.15, -0.1) is 0 Å². The van der Waals surface area contributed by atoms with Crippen molar-refractivity contribution in [1.29, 1.82) is 0 Å². The second kappa shape index (κ2) is 6.77. The van der Waals surface area contributed by atoms with Crippen molar-refractivity contribution in [2.45, 2.75) is 6.92 Å². The van der Waals surface area contributed by atoms with Crippen LogP contribution in [0.4, 0.5) is 11.4 Å². The van der Waals surface area contributed by atoms with E-state index in [0.717, 1.165) is 11.4 Å². The van der Waals surface area contributed by atoms with E-state index in [1.807, 2.05) is 18.2 Å². The van der Waals surface area contributed by atoms with E-state index < -0.39 is 0 Å². The molecule has 3 rings (SSSR count). The van der Waals surface area contributed by atoms with Crippen LogP contribution in [0.5, 0.6) is 0 Å². The SMILES string of the molecule is Cc1ccc(C=Cc2ccc(Nc3ccccc3)cc2)cc1. The van der Waals surface area contributed by atoms with Crippen LogP contribution in [-0.4, -0.2) is 0 Å². The van der Waals surface area contributed by atoms with Crippen LogP contribution in [-0.2, 0) is 0 Å². The number of hydrogen-bond donors (Lipinski definition) is 1. The summed E-state index contributed by atoms with van der Waals surface area (Å²) in [7, 11) is 0. The summed E-state index contributed by atoms with van der Waals surface area (Å²) >= 11 is 0. The van der Waals surface area contributed by atoms with Crippen molar-refractivity contribution in [3.63, 3.8) is 0 Å². The van der Waals surface area contributed by atoms with Crippen LogP contribution in [0.1, 0.15) is 16.7 Å². The molecule has 0 heterocycles. The van der Waals surface area contributed by atoms with Crippen molar-refractivity contribution in [3.05, 3.63) is 95.6 Å². The van der Waals surface area contributed by atoms with Gasteiger partial charge < -0.3 is 5.32 Å². The summed E-state index contributed by atoms with van der Waals surface area (Å²) in [5.41, 5.74) is 5.90. The van der Waals surface area contributed by atoms with Gasteiger partial charge in [-0.25, -0.2) is 0 Å². The molecule has 3 aromatic rings. The lowest BCUT2D eigenvalue weighted by molar-refractivity contribution is 1.46. The quantitative estimate of drug-likeness (QED) is 0.588. The Balaban J connectivity index is 1.67. The summed E-state index contributed by atoms with van der Waals surface area (Å²) in [5, 5.41) is 3.39. The fourth-order valence-corrected chi connectivity index (χ4v) is 2.24. The van der Waals surface area contributed by atoms with Crippen molar-refractivity contribution in [1.82, 2.24) is 0 Å². The normalized spacial score (nSPS) is 10.8. The first-order chi connectivity index (χ1) is 10.8. The van der Waals surface area contributed by atoms with Gasteiger partial charge in [0.05, 0.1) is 0 Å². The molecule has 0 saturated heterocycles. The minimum absolute atomic E-state index is 1.10. The Bertz CT molecular complexity index is 738. The topological polar surface area (TPSA) is 12.0 Å². The molecule has 0 aliphatic rings. The van der Waals surface area contributed by atoms with Crippen molar-refractivity contribution < 1.29 is 0 Å². The van der Waals surface area contributed by atoms with Gasteiger partial charge in [0.15, 0.2) is 0 Å². The second-order valence-corrected chi connectivity index (χ2v) is 5.36. The lowest BCUT2D eigenvalue weighted by Gasteiger charge is -2.06. The number of nitrogens with one attached hydrogen (secondary N) is 1. The molecule has 0 bridgehead atoms. The maximum Gasteiger partial charge on any atom is 0.0384 e. The number of aryl methyl sites for hydroxylation is 1. The lowest BCUT2D eigenvalue weighted by Crippen LogP contribution is -1.89. The molecule has 1 heteroatoms. The highest BCUT2D eigenvalue weighted by molar-refractivity contribution is 5.71. The highest BCUT2D eigenvalue weighted by Crippen LogP contribution is 2.17. The highest BCUT2D eigenvalue weighted by atomic mass is 14.9. The Morgan fingerprint density at radius 2 is 1.09 bits per heavy atom. The van der Waals surface area contributed by atoms with Gasteiger partial charge in [-0.05, 0) is 42.3 Å². The molecule has 0 aliphatic carbocycles. The largest absolute Gasteiger partial charge is 0.356 e. The van der Waals surface area contributed by atoms with Gasteiger partial charge in [0, 0.05) is 11.4 Å². The fourth-order valence-electron chi connectivity index (χ4n) is 2.24. The molecule has 0 amide bonds. The average Bonchev–Trinajstić information content (AvgIpc) is 2.57. The van der Waals surface area contributed by atoms with Gasteiger partial charge in [0.25, 0.3) is 0 Å². The summed E-state index contributed by atoms with van der Waals surface area (Å²) in [5.74, 6) is 0.